The van der Waals surface area contributed by atoms with E-state index < -0.39 is 20.8 Å². The van der Waals surface area contributed by atoms with Gasteiger partial charge in [-0.1, -0.05) is 12.2 Å². The van der Waals surface area contributed by atoms with Crippen molar-refractivity contribution in [3.05, 3.63) is 0 Å². The molecule has 0 aromatic heterocycles. The average molecular weight is 256 g/mol. The second-order valence-corrected chi connectivity index (χ2v) is 7.16. The molecule has 0 unspecified atom stereocenters. The van der Waals surface area contributed by atoms with E-state index in [-0.39, 0.29) is 10.7 Å². The Morgan fingerprint density at radius 3 is 2.36 bits per heavy atom. The minimum atomic E-state index is -3.37. The number of hydrogen-bond donors (Lipinski definition) is 1. The van der Waals surface area contributed by atoms with Crippen molar-refractivity contribution >= 4 is 38.0 Å². The molecule has 1 saturated heterocycles. The molecule has 0 radical (unpaired) electrons. The van der Waals surface area contributed by atoms with E-state index in [0.717, 1.165) is 0 Å². The molecule has 0 spiro atoms. The summed E-state index contributed by atoms with van der Waals surface area (Å²) in [5.41, 5.74) is 5.18. The molecule has 1 heterocycles. The fourth-order valence-corrected chi connectivity index (χ4v) is 4.18. The molecule has 0 saturated carbocycles. The van der Waals surface area contributed by atoms with Crippen LogP contribution in [-0.2, 0) is 20.8 Å². The number of hydrogen-bond acceptors (Lipinski definition) is 4. The number of thiocarbonyl (C=S) groups is 1. The zero-order chi connectivity index (χ0) is 10.8. The van der Waals surface area contributed by atoms with Crippen LogP contribution in [0.4, 0.5) is 0 Å². The Morgan fingerprint density at radius 2 is 1.93 bits per heavy atom. The van der Waals surface area contributed by atoms with Crippen LogP contribution in [0.15, 0.2) is 0 Å². The maximum absolute atomic E-state index is 11.6. The van der Waals surface area contributed by atoms with Gasteiger partial charge in [0.2, 0.25) is 10.0 Å². The Labute approximate surface area is 91.2 Å². The van der Waals surface area contributed by atoms with Crippen molar-refractivity contribution in [1.82, 2.24) is 4.31 Å². The standard InChI is InChI=1S/C6H12N2O3S3/c7-6(12)5-14(10,11)8-1-3-13(9)4-2-8/h1-5H2,(H2,7,12). The molecule has 2 N–H and O–H groups in total. The lowest BCUT2D eigenvalue weighted by atomic mass is 10.6. The van der Waals surface area contributed by atoms with Gasteiger partial charge in [-0.2, -0.15) is 4.31 Å². The highest BCUT2D eigenvalue weighted by molar-refractivity contribution is 7.92. The minimum Gasteiger partial charge on any atom is -0.392 e. The van der Waals surface area contributed by atoms with Gasteiger partial charge in [-0.25, -0.2) is 8.42 Å². The zero-order valence-corrected chi connectivity index (χ0v) is 9.96. The molecule has 0 aromatic carbocycles. The van der Waals surface area contributed by atoms with E-state index in [1.165, 1.54) is 4.31 Å². The molecule has 82 valence electrons. The smallest absolute Gasteiger partial charge is 0.220 e. The van der Waals surface area contributed by atoms with Crippen molar-refractivity contribution in [3.8, 4) is 0 Å². The summed E-state index contributed by atoms with van der Waals surface area (Å²) in [4.78, 5) is -0.0308. The van der Waals surface area contributed by atoms with Crippen LogP contribution in [0.25, 0.3) is 0 Å². The van der Waals surface area contributed by atoms with Crippen LogP contribution in [0.2, 0.25) is 0 Å². The summed E-state index contributed by atoms with van der Waals surface area (Å²) >= 11 is 4.55. The second kappa shape index (κ2) is 4.65. The first kappa shape index (κ1) is 12.0. The Bertz CT molecular complexity index is 341. The van der Waals surface area contributed by atoms with Crippen molar-refractivity contribution in [2.24, 2.45) is 5.73 Å². The third-order valence-corrected chi connectivity index (χ3v) is 5.29. The molecule has 0 bridgehead atoms. The fraction of sp³-hybridized carbons (Fsp3) is 0.833. The van der Waals surface area contributed by atoms with Gasteiger partial charge in [0.05, 0.1) is 4.99 Å². The molecular weight excluding hydrogens is 244 g/mol. The van der Waals surface area contributed by atoms with Gasteiger partial charge in [-0.3, -0.25) is 4.21 Å². The maximum atomic E-state index is 11.6. The normalized spacial score (nSPS) is 20.9. The van der Waals surface area contributed by atoms with E-state index >= 15 is 0 Å². The largest absolute Gasteiger partial charge is 0.392 e. The highest BCUT2D eigenvalue weighted by Gasteiger charge is 2.26. The second-order valence-electron chi connectivity index (χ2n) is 2.97. The molecule has 5 nitrogen and oxygen atoms in total. The van der Waals surface area contributed by atoms with Crippen molar-refractivity contribution < 1.29 is 12.6 Å². The SMILES string of the molecule is NC(=S)CS(=O)(=O)N1CCS(=O)CC1. The van der Waals surface area contributed by atoms with Gasteiger partial charge in [0.1, 0.15) is 5.75 Å². The average Bonchev–Trinajstić information content (AvgIpc) is 2.02. The van der Waals surface area contributed by atoms with Crippen LogP contribution >= 0.6 is 12.2 Å². The van der Waals surface area contributed by atoms with E-state index in [2.05, 4.69) is 12.2 Å². The van der Waals surface area contributed by atoms with Gasteiger partial charge >= 0.3 is 0 Å². The van der Waals surface area contributed by atoms with E-state index in [4.69, 9.17) is 5.73 Å². The summed E-state index contributed by atoms with van der Waals surface area (Å²) in [7, 11) is -4.25. The summed E-state index contributed by atoms with van der Waals surface area (Å²) < 4.78 is 35.4. The first-order valence-corrected chi connectivity index (χ1v) is 7.53. The Hall–Kier alpha value is -0.0500. The van der Waals surface area contributed by atoms with Crippen molar-refractivity contribution in [2.45, 2.75) is 0 Å². The van der Waals surface area contributed by atoms with Crippen LogP contribution in [0.3, 0.4) is 0 Å². The van der Waals surface area contributed by atoms with Gasteiger partial charge in [0, 0.05) is 35.4 Å². The highest BCUT2D eigenvalue weighted by atomic mass is 32.2. The molecule has 14 heavy (non-hydrogen) atoms. The molecule has 1 aliphatic heterocycles. The Balaban J connectivity index is 2.65. The Morgan fingerprint density at radius 1 is 1.43 bits per heavy atom. The van der Waals surface area contributed by atoms with Gasteiger partial charge in [-0.15, -0.1) is 0 Å². The third kappa shape index (κ3) is 3.26. The van der Waals surface area contributed by atoms with Crippen molar-refractivity contribution in [2.75, 3.05) is 30.3 Å². The molecule has 1 aliphatic rings. The molecule has 0 amide bonds. The topological polar surface area (TPSA) is 80.5 Å². The van der Waals surface area contributed by atoms with E-state index in [1.807, 2.05) is 0 Å². The van der Waals surface area contributed by atoms with Crippen molar-refractivity contribution in [3.63, 3.8) is 0 Å². The molecule has 1 fully saturated rings. The molecule has 0 aliphatic carbocycles. The summed E-state index contributed by atoms with van der Waals surface area (Å²) in [6, 6.07) is 0. The molecular formula is C6H12N2O3S3. The first-order chi connectivity index (χ1) is 6.42. The van der Waals surface area contributed by atoms with Gasteiger partial charge < -0.3 is 5.73 Å². The number of nitrogens with two attached hydrogens (primary N) is 1. The van der Waals surface area contributed by atoms with Gasteiger partial charge in [0.25, 0.3) is 0 Å². The lowest BCUT2D eigenvalue weighted by Crippen LogP contribution is -2.44. The van der Waals surface area contributed by atoms with Crippen LogP contribution in [0, 0.1) is 0 Å². The third-order valence-electron chi connectivity index (χ3n) is 1.85. The Kier molecular flexibility index (Phi) is 3.99. The lowest BCUT2D eigenvalue weighted by molar-refractivity contribution is 0.441. The molecule has 1 rings (SSSR count). The lowest BCUT2D eigenvalue weighted by Gasteiger charge is -2.25. The fourth-order valence-electron chi connectivity index (χ4n) is 1.17. The van der Waals surface area contributed by atoms with Crippen molar-refractivity contribution in [1.29, 1.82) is 0 Å². The van der Waals surface area contributed by atoms with Gasteiger partial charge in [0.15, 0.2) is 0 Å². The van der Waals surface area contributed by atoms with E-state index in [9.17, 15) is 12.6 Å². The number of nitrogens with zero attached hydrogens (tertiary/aromatic N) is 1. The summed E-state index contributed by atoms with van der Waals surface area (Å²) in [5.74, 6) is 0.502. The van der Waals surface area contributed by atoms with E-state index in [1.54, 1.807) is 0 Å². The van der Waals surface area contributed by atoms with E-state index in [0.29, 0.717) is 24.6 Å². The zero-order valence-electron chi connectivity index (χ0n) is 7.51. The first-order valence-electron chi connectivity index (χ1n) is 4.03. The minimum absolute atomic E-state index is 0.0308. The summed E-state index contributed by atoms with van der Waals surface area (Å²) in [5, 5.41) is 0. The van der Waals surface area contributed by atoms with Crippen LogP contribution in [0.5, 0.6) is 0 Å². The number of sulfonamides is 1. The van der Waals surface area contributed by atoms with Crippen LogP contribution in [-0.4, -0.2) is 52.3 Å². The highest BCUT2D eigenvalue weighted by Crippen LogP contribution is 2.07. The van der Waals surface area contributed by atoms with Gasteiger partial charge in [-0.05, 0) is 0 Å². The maximum Gasteiger partial charge on any atom is 0.220 e. The number of rotatable bonds is 3. The molecule has 0 atom stereocenters. The van der Waals surface area contributed by atoms with Crippen LogP contribution in [0.1, 0.15) is 0 Å². The predicted molar refractivity (Wildman–Crippen MR) is 60.0 cm³/mol. The monoisotopic (exact) mass is 256 g/mol. The predicted octanol–water partition coefficient (Wildman–Crippen LogP) is -1.33. The molecule has 0 aromatic rings. The molecule has 8 heteroatoms. The van der Waals surface area contributed by atoms with Crippen LogP contribution < -0.4 is 5.73 Å². The summed E-state index contributed by atoms with van der Waals surface area (Å²) in [6.45, 7) is 0.606. The quantitative estimate of drug-likeness (QED) is 0.633. The summed E-state index contributed by atoms with van der Waals surface area (Å²) in [6.07, 6.45) is 0.